The first-order valence-electron chi connectivity index (χ1n) is 14.4. The third-order valence-corrected chi connectivity index (χ3v) is 8.38. The maximum atomic E-state index is 14.2. The van der Waals surface area contributed by atoms with E-state index in [0.29, 0.717) is 56.2 Å². The number of piperazine rings is 1. The Morgan fingerprint density at radius 1 is 1.17 bits per heavy atom. The number of carbonyl (C=O) groups excluding carboxylic acids is 1. The van der Waals surface area contributed by atoms with Crippen LogP contribution in [0.2, 0.25) is 0 Å². The van der Waals surface area contributed by atoms with Gasteiger partial charge in [0, 0.05) is 44.8 Å². The topological polar surface area (TPSA) is 115 Å². The predicted molar refractivity (Wildman–Crippen MR) is 154 cm³/mol. The number of nitrogens with one attached hydrogen (secondary N) is 1. The molecular weight excluding hydrogens is 522 g/mol. The van der Waals surface area contributed by atoms with Crippen molar-refractivity contribution in [2.45, 2.75) is 49.8 Å². The monoisotopic (exact) mass is 559 g/mol. The maximum Gasteiger partial charge on any atom is 0.275 e. The number of hydrogen-bond donors (Lipinski definition) is 2. The van der Waals surface area contributed by atoms with Gasteiger partial charge >= 0.3 is 0 Å². The van der Waals surface area contributed by atoms with E-state index in [1.54, 1.807) is 13.4 Å². The van der Waals surface area contributed by atoms with E-state index in [4.69, 9.17) is 19.0 Å². The molecule has 0 bridgehead atoms. The van der Waals surface area contributed by atoms with E-state index in [0.717, 1.165) is 35.9 Å². The van der Waals surface area contributed by atoms with E-state index in [1.165, 1.54) is 0 Å². The molecule has 1 aliphatic carbocycles. The molecule has 0 spiro atoms. The fourth-order valence-corrected chi connectivity index (χ4v) is 6.34. The summed E-state index contributed by atoms with van der Waals surface area (Å²) in [4.78, 5) is 20.8. The Kier molecular flexibility index (Phi) is 8.04. The van der Waals surface area contributed by atoms with Crippen molar-refractivity contribution in [2.24, 2.45) is 0 Å². The summed E-state index contributed by atoms with van der Waals surface area (Å²) in [6.07, 6.45) is 5.70. The maximum absolute atomic E-state index is 14.2. The first-order chi connectivity index (χ1) is 20.1. The summed E-state index contributed by atoms with van der Waals surface area (Å²) < 4.78 is 18.8. The fraction of sp³-hybridized carbons (Fsp3) is 0.452. The van der Waals surface area contributed by atoms with Gasteiger partial charge in [-0.3, -0.25) is 4.79 Å². The smallest absolute Gasteiger partial charge is 0.275 e. The number of benzene rings is 2. The van der Waals surface area contributed by atoms with Crippen molar-refractivity contribution in [3.05, 3.63) is 66.6 Å². The van der Waals surface area contributed by atoms with Gasteiger partial charge in [0.1, 0.15) is 5.60 Å². The zero-order valence-electron chi connectivity index (χ0n) is 23.4. The molecule has 0 unspecified atom stereocenters. The Morgan fingerprint density at radius 3 is 2.85 bits per heavy atom. The van der Waals surface area contributed by atoms with Crippen LogP contribution in [0.5, 0.6) is 5.88 Å². The van der Waals surface area contributed by atoms with Crippen molar-refractivity contribution in [3.8, 4) is 17.1 Å². The number of amides is 1. The second-order valence-corrected chi connectivity index (χ2v) is 11.0. The number of ether oxygens (including phenoxy) is 2. The number of imidazole rings is 1. The highest BCUT2D eigenvalue weighted by molar-refractivity contribution is 5.98. The van der Waals surface area contributed by atoms with Crippen LogP contribution >= 0.6 is 0 Å². The third-order valence-electron chi connectivity index (χ3n) is 8.38. The molecule has 2 aromatic carbocycles. The summed E-state index contributed by atoms with van der Waals surface area (Å²) in [6, 6.07) is 17.1. The number of hydrogen-bond acceptors (Lipinski definition) is 8. The minimum absolute atomic E-state index is 0.0803. The van der Waals surface area contributed by atoms with E-state index in [2.05, 4.69) is 10.5 Å². The van der Waals surface area contributed by atoms with Crippen molar-refractivity contribution in [1.29, 1.82) is 0 Å². The van der Waals surface area contributed by atoms with Gasteiger partial charge in [-0.15, -0.1) is 0 Å². The van der Waals surface area contributed by atoms with Gasteiger partial charge in [-0.1, -0.05) is 55.3 Å². The quantitative estimate of drug-likeness (QED) is 0.316. The molecule has 6 rings (SSSR count). The Bertz CT molecular complexity index is 1470. The Morgan fingerprint density at radius 2 is 2.00 bits per heavy atom. The van der Waals surface area contributed by atoms with Crippen molar-refractivity contribution in [3.63, 3.8) is 0 Å². The van der Waals surface area contributed by atoms with Gasteiger partial charge in [-0.25, -0.2) is 4.98 Å². The van der Waals surface area contributed by atoms with Crippen LogP contribution in [0.25, 0.3) is 22.2 Å². The lowest BCUT2D eigenvalue weighted by molar-refractivity contribution is -0.0893. The molecule has 1 aliphatic heterocycles. The van der Waals surface area contributed by atoms with Gasteiger partial charge in [-0.05, 0) is 30.1 Å². The summed E-state index contributed by atoms with van der Waals surface area (Å²) in [5.74, 6) is 0.343. The Labute approximate surface area is 239 Å². The van der Waals surface area contributed by atoms with Crippen LogP contribution in [-0.2, 0) is 4.74 Å². The second kappa shape index (κ2) is 12.0. The summed E-state index contributed by atoms with van der Waals surface area (Å²) in [5.41, 5.74) is 1.68. The zero-order chi connectivity index (χ0) is 28.2. The summed E-state index contributed by atoms with van der Waals surface area (Å²) in [7, 11) is 1.62. The molecule has 10 heteroatoms. The van der Waals surface area contributed by atoms with E-state index in [-0.39, 0.29) is 24.6 Å². The van der Waals surface area contributed by atoms with Crippen molar-refractivity contribution in [2.75, 3.05) is 40.0 Å². The normalized spacial score (nSPS) is 23.1. The van der Waals surface area contributed by atoms with Gasteiger partial charge in [-0.2, -0.15) is 0 Å². The van der Waals surface area contributed by atoms with Crippen LogP contribution in [0.4, 0.5) is 0 Å². The molecule has 3 atom stereocenters. The SMILES string of the molecule is COC[C@]1(O)CCCC[C@H]1n1cnc(C(=O)N2CCNC[C@H]2CCOc2noc3ccccc23)c1-c1ccccc1. The van der Waals surface area contributed by atoms with Crippen LogP contribution in [0.3, 0.4) is 0 Å². The highest BCUT2D eigenvalue weighted by atomic mass is 16.5. The number of nitrogens with zero attached hydrogens (tertiary/aromatic N) is 4. The van der Waals surface area contributed by atoms with E-state index in [1.807, 2.05) is 64.1 Å². The van der Waals surface area contributed by atoms with Crippen molar-refractivity contribution in [1.82, 2.24) is 24.9 Å². The fourth-order valence-electron chi connectivity index (χ4n) is 6.34. The molecule has 1 saturated heterocycles. The molecule has 2 N–H and O–H groups in total. The molecule has 1 amide bonds. The molecule has 10 nitrogen and oxygen atoms in total. The standard InChI is InChI=1S/C31H37N5O5/c1-39-20-31(38)15-8-7-13-26(31)36-21-33-27(28(36)22-9-3-2-4-10-22)30(37)35-17-16-32-19-23(35)14-18-40-29-24-11-5-6-12-25(24)41-34-29/h2-6,9-12,21,23,26,32,38H,7-8,13-20H2,1H3/t23-,26-,31-/m1/s1. The zero-order valence-corrected chi connectivity index (χ0v) is 23.4. The predicted octanol–water partition coefficient (Wildman–Crippen LogP) is 4.07. The highest BCUT2D eigenvalue weighted by Crippen LogP contribution is 2.41. The van der Waals surface area contributed by atoms with Gasteiger partial charge in [0.25, 0.3) is 11.8 Å². The molecule has 4 aromatic rings. The lowest BCUT2D eigenvalue weighted by Crippen LogP contribution is -2.54. The van der Waals surface area contributed by atoms with E-state index >= 15 is 0 Å². The number of fused-ring (bicyclic) bond motifs is 1. The van der Waals surface area contributed by atoms with Crippen molar-refractivity contribution < 1.29 is 23.9 Å². The average molecular weight is 560 g/mol. The first kappa shape index (κ1) is 27.4. The van der Waals surface area contributed by atoms with Crippen molar-refractivity contribution >= 4 is 16.9 Å². The van der Waals surface area contributed by atoms with Gasteiger partial charge in [0.15, 0.2) is 11.3 Å². The molecule has 41 heavy (non-hydrogen) atoms. The van der Waals surface area contributed by atoms with Crippen LogP contribution in [0, 0.1) is 0 Å². The van der Waals surface area contributed by atoms with Gasteiger partial charge in [0.05, 0.1) is 36.7 Å². The molecule has 3 heterocycles. The minimum atomic E-state index is -1.03. The number of para-hydroxylation sites is 1. The molecule has 2 aliphatic rings. The molecule has 216 valence electrons. The Hall–Kier alpha value is -3.73. The number of aromatic nitrogens is 3. The molecule has 2 fully saturated rings. The van der Waals surface area contributed by atoms with Crippen LogP contribution in [-0.4, -0.2) is 82.2 Å². The van der Waals surface area contributed by atoms with Gasteiger partial charge < -0.3 is 33.9 Å². The lowest BCUT2D eigenvalue weighted by atomic mass is 9.80. The molecule has 2 aromatic heterocycles. The van der Waals surface area contributed by atoms with Gasteiger partial charge in [0.2, 0.25) is 0 Å². The molecular formula is C31H37N5O5. The minimum Gasteiger partial charge on any atom is -0.475 e. The largest absolute Gasteiger partial charge is 0.475 e. The highest BCUT2D eigenvalue weighted by Gasteiger charge is 2.42. The molecule has 1 saturated carbocycles. The number of methoxy groups -OCH3 is 1. The lowest BCUT2D eigenvalue weighted by Gasteiger charge is -2.41. The Balaban J connectivity index is 1.26. The first-order valence-corrected chi connectivity index (χ1v) is 14.4. The van der Waals surface area contributed by atoms with Crippen LogP contribution < -0.4 is 10.1 Å². The van der Waals surface area contributed by atoms with E-state index < -0.39 is 5.60 Å². The number of rotatable bonds is 9. The second-order valence-electron chi connectivity index (χ2n) is 11.0. The molecule has 0 radical (unpaired) electrons. The van der Waals surface area contributed by atoms with Crippen LogP contribution in [0.15, 0.2) is 65.4 Å². The average Bonchev–Trinajstić information content (AvgIpc) is 3.63. The summed E-state index contributed by atoms with van der Waals surface area (Å²) >= 11 is 0. The van der Waals surface area contributed by atoms with Crippen LogP contribution in [0.1, 0.15) is 48.6 Å². The third kappa shape index (κ3) is 5.47. The summed E-state index contributed by atoms with van der Waals surface area (Å²) in [6.45, 7) is 2.54. The number of carbonyl (C=O) groups is 1. The van der Waals surface area contributed by atoms with E-state index in [9.17, 15) is 9.90 Å². The number of aliphatic hydroxyl groups is 1. The summed E-state index contributed by atoms with van der Waals surface area (Å²) in [5, 5.41) is 19.9.